The molecule has 4 heteroatoms. The Hall–Kier alpha value is -1.42. The summed E-state index contributed by atoms with van der Waals surface area (Å²) in [5.41, 5.74) is 0.814. The molecule has 0 atom stereocenters. The van der Waals surface area contributed by atoms with Crippen molar-refractivity contribution in [2.24, 2.45) is 5.41 Å². The Balaban J connectivity index is 2.15. The van der Waals surface area contributed by atoms with Crippen LogP contribution in [0.4, 0.5) is 0 Å². The third-order valence-electron chi connectivity index (χ3n) is 2.91. The van der Waals surface area contributed by atoms with Crippen molar-refractivity contribution < 1.29 is 4.79 Å². The van der Waals surface area contributed by atoms with Crippen molar-refractivity contribution in [3.63, 3.8) is 0 Å². The van der Waals surface area contributed by atoms with E-state index in [1.165, 1.54) is 11.3 Å². The Morgan fingerprint density at radius 1 is 1.20 bits per heavy atom. The molecule has 0 bridgehead atoms. The standard InChI is InChI=1S/C16H22N2OS/c1-15(2,3)10-16(4,5)18-13(19)14-17-11-8-6-7-9-12(11)20-14/h6-9H,10H2,1-5H3,(H,18,19). The Labute approximate surface area is 124 Å². The molecule has 0 aliphatic heterocycles. The number of nitrogens with zero attached hydrogens (tertiary/aromatic N) is 1. The number of aromatic nitrogens is 1. The van der Waals surface area contributed by atoms with Crippen molar-refractivity contribution >= 4 is 27.5 Å². The molecule has 1 aromatic carbocycles. The van der Waals surface area contributed by atoms with Gasteiger partial charge in [0.15, 0.2) is 5.01 Å². The van der Waals surface area contributed by atoms with Crippen LogP contribution in [0.1, 0.15) is 50.8 Å². The molecule has 0 fully saturated rings. The Kier molecular flexibility index (Phi) is 3.87. The van der Waals surface area contributed by atoms with Crippen LogP contribution in [0, 0.1) is 5.41 Å². The number of thiazole rings is 1. The van der Waals surface area contributed by atoms with Crippen LogP contribution in [0.15, 0.2) is 24.3 Å². The van der Waals surface area contributed by atoms with Gasteiger partial charge in [0.2, 0.25) is 0 Å². The second kappa shape index (κ2) is 5.17. The second-order valence-corrected chi connectivity index (χ2v) is 8.09. The van der Waals surface area contributed by atoms with E-state index in [0.29, 0.717) is 5.01 Å². The number of fused-ring (bicyclic) bond motifs is 1. The smallest absolute Gasteiger partial charge is 0.280 e. The fraction of sp³-hybridized carbons (Fsp3) is 0.500. The average molecular weight is 290 g/mol. The molecule has 0 saturated heterocycles. The zero-order chi connectivity index (χ0) is 15.0. The molecule has 2 aromatic rings. The molecular formula is C16H22N2OS. The van der Waals surface area contributed by atoms with Gasteiger partial charge in [0.05, 0.1) is 10.2 Å². The monoisotopic (exact) mass is 290 g/mol. The van der Waals surface area contributed by atoms with Crippen LogP contribution in [-0.4, -0.2) is 16.4 Å². The Morgan fingerprint density at radius 2 is 1.85 bits per heavy atom. The van der Waals surface area contributed by atoms with Gasteiger partial charge < -0.3 is 5.32 Å². The molecule has 0 unspecified atom stereocenters. The van der Waals surface area contributed by atoms with Gasteiger partial charge in [-0.2, -0.15) is 0 Å². The molecule has 1 aromatic heterocycles. The van der Waals surface area contributed by atoms with Crippen molar-refractivity contribution in [2.45, 2.75) is 46.6 Å². The molecule has 3 nitrogen and oxygen atoms in total. The van der Waals surface area contributed by atoms with E-state index in [9.17, 15) is 4.79 Å². The summed E-state index contributed by atoms with van der Waals surface area (Å²) in [5.74, 6) is -0.0829. The van der Waals surface area contributed by atoms with Crippen LogP contribution >= 0.6 is 11.3 Å². The zero-order valence-electron chi connectivity index (χ0n) is 12.8. The van der Waals surface area contributed by atoms with Crippen molar-refractivity contribution in [3.8, 4) is 0 Å². The number of benzene rings is 1. The van der Waals surface area contributed by atoms with Crippen LogP contribution in [0.2, 0.25) is 0 Å². The summed E-state index contributed by atoms with van der Waals surface area (Å²) in [6.07, 6.45) is 0.913. The first kappa shape index (κ1) is 15.0. The minimum absolute atomic E-state index is 0.0829. The lowest BCUT2D eigenvalue weighted by molar-refractivity contribution is 0.0891. The van der Waals surface area contributed by atoms with E-state index >= 15 is 0 Å². The number of nitrogens with one attached hydrogen (secondary N) is 1. The lowest BCUT2D eigenvalue weighted by atomic mass is 9.82. The predicted molar refractivity (Wildman–Crippen MR) is 85.2 cm³/mol. The average Bonchev–Trinajstić information content (AvgIpc) is 2.68. The Morgan fingerprint density at radius 3 is 2.45 bits per heavy atom. The van der Waals surface area contributed by atoms with E-state index in [0.717, 1.165) is 16.6 Å². The maximum Gasteiger partial charge on any atom is 0.280 e. The van der Waals surface area contributed by atoms with Crippen LogP contribution in [0.3, 0.4) is 0 Å². The van der Waals surface area contributed by atoms with Crippen LogP contribution in [0.25, 0.3) is 10.2 Å². The minimum Gasteiger partial charge on any atom is -0.345 e. The van der Waals surface area contributed by atoms with Gasteiger partial charge in [-0.25, -0.2) is 4.98 Å². The minimum atomic E-state index is -0.243. The maximum atomic E-state index is 12.4. The highest BCUT2D eigenvalue weighted by atomic mass is 32.1. The number of para-hydroxylation sites is 1. The van der Waals surface area contributed by atoms with Crippen LogP contribution in [-0.2, 0) is 0 Å². The fourth-order valence-electron chi connectivity index (χ4n) is 2.70. The third kappa shape index (κ3) is 3.79. The number of carbonyl (C=O) groups is 1. The van der Waals surface area contributed by atoms with Gasteiger partial charge in [-0.15, -0.1) is 11.3 Å². The summed E-state index contributed by atoms with van der Waals surface area (Å²) in [5, 5.41) is 3.63. The third-order valence-corrected chi connectivity index (χ3v) is 3.95. The highest BCUT2D eigenvalue weighted by Crippen LogP contribution is 2.28. The first-order valence-corrected chi connectivity index (χ1v) is 7.66. The molecule has 0 spiro atoms. The van der Waals surface area contributed by atoms with Crippen molar-refractivity contribution in [2.75, 3.05) is 0 Å². The summed E-state index contributed by atoms with van der Waals surface area (Å²) >= 11 is 1.44. The van der Waals surface area contributed by atoms with Gasteiger partial charge in [0.25, 0.3) is 5.91 Å². The van der Waals surface area contributed by atoms with E-state index in [1.807, 2.05) is 24.3 Å². The van der Waals surface area contributed by atoms with Gasteiger partial charge in [-0.1, -0.05) is 32.9 Å². The van der Waals surface area contributed by atoms with E-state index in [4.69, 9.17) is 0 Å². The summed E-state index contributed by atoms with van der Waals surface area (Å²) < 4.78 is 1.05. The molecule has 20 heavy (non-hydrogen) atoms. The summed E-state index contributed by atoms with van der Waals surface area (Å²) in [7, 11) is 0. The van der Waals surface area contributed by atoms with Crippen molar-refractivity contribution in [3.05, 3.63) is 29.3 Å². The van der Waals surface area contributed by atoms with E-state index < -0.39 is 0 Å². The number of hydrogen-bond acceptors (Lipinski definition) is 3. The van der Waals surface area contributed by atoms with Crippen molar-refractivity contribution in [1.82, 2.24) is 10.3 Å². The summed E-state index contributed by atoms with van der Waals surface area (Å²) in [4.78, 5) is 16.8. The molecule has 1 heterocycles. The van der Waals surface area contributed by atoms with Crippen molar-refractivity contribution in [1.29, 1.82) is 0 Å². The lowest BCUT2D eigenvalue weighted by Crippen LogP contribution is -2.45. The molecule has 108 valence electrons. The quantitative estimate of drug-likeness (QED) is 0.918. The van der Waals surface area contributed by atoms with E-state index in [-0.39, 0.29) is 16.9 Å². The van der Waals surface area contributed by atoms with E-state index in [1.54, 1.807) is 0 Å². The molecule has 0 saturated carbocycles. The predicted octanol–water partition coefficient (Wildman–Crippen LogP) is 4.24. The van der Waals surface area contributed by atoms with Crippen LogP contribution in [0.5, 0.6) is 0 Å². The van der Waals surface area contributed by atoms with Gasteiger partial charge in [0, 0.05) is 5.54 Å². The zero-order valence-corrected chi connectivity index (χ0v) is 13.6. The van der Waals surface area contributed by atoms with Crippen LogP contribution < -0.4 is 5.32 Å². The first-order valence-electron chi connectivity index (χ1n) is 6.84. The number of hydrogen-bond donors (Lipinski definition) is 1. The molecule has 0 aliphatic carbocycles. The topological polar surface area (TPSA) is 42.0 Å². The first-order chi connectivity index (χ1) is 9.16. The summed E-state index contributed by atoms with van der Waals surface area (Å²) in [6, 6.07) is 7.83. The largest absolute Gasteiger partial charge is 0.345 e. The SMILES string of the molecule is CC(C)(C)CC(C)(C)NC(=O)c1nc2ccccc2s1. The number of carbonyl (C=O) groups excluding carboxylic acids is 1. The fourth-order valence-corrected chi connectivity index (χ4v) is 3.56. The molecule has 0 radical (unpaired) electrons. The second-order valence-electron chi connectivity index (χ2n) is 7.06. The van der Waals surface area contributed by atoms with Gasteiger partial charge in [0.1, 0.15) is 0 Å². The normalized spacial score (nSPS) is 12.7. The Bertz CT molecular complexity index is 590. The highest BCUT2D eigenvalue weighted by Gasteiger charge is 2.28. The van der Waals surface area contributed by atoms with Gasteiger partial charge in [-0.05, 0) is 37.8 Å². The van der Waals surface area contributed by atoms with Gasteiger partial charge in [-0.3, -0.25) is 4.79 Å². The highest BCUT2D eigenvalue weighted by molar-refractivity contribution is 7.20. The van der Waals surface area contributed by atoms with Gasteiger partial charge >= 0.3 is 0 Å². The molecular weight excluding hydrogens is 268 g/mol. The molecule has 1 amide bonds. The molecule has 0 aliphatic rings. The maximum absolute atomic E-state index is 12.4. The number of rotatable bonds is 3. The van der Waals surface area contributed by atoms with E-state index in [2.05, 4.69) is 44.9 Å². The summed E-state index contributed by atoms with van der Waals surface area (Å²) in [6.45, 7) is 10.7. The lowest BCUT2D eigenvalue weighted by Gasteiger charge is -2.33. The molecule has 2 rings (SSSR count). The molecule has 1 N–H and O–H groups in total. The number of amides is 1.